The van der Waals surface area contributed by atoms with Gasteiger partial charge in [-0.25, -0.2) is 4.39 Å². The number of carbonyl (C=O) groups excluding carboxylic acids is 1. The van der Waals surface area contributed by atoms with Crippen molar-refractivity contribution in [3.05, 3.63) is 65.7 Å². The van der Waals surface area contributed by atoms with Gasteiger partial charge in [0.15, 0.2) is 0 Å². The smallest absolute Gasteiger partial charge is 0.225 e. The van der Waals surface area contributed by atoms with E-state index in [1.165, 1.54) is 23.1 Å². The molecule has 24 heavy (non-hydrogen) atoms. The van der Waals surface area contributed by atoms with Gasteiger partial charge in [0.05, 0.1) is 25.0 Å². The number of hydrogen-bond donors (Lipinski definition) is 1. The second kappa shape index (κ2) is 8.75. The van der Waals surface area contributed by atoms with Crippen molar-refractivity contribution in [2.75, 3.05) is 6.54 Å². The molecule has 0 aliphatic rings. The summed E-state index contributed by atoms with van der Waals surface area (Å²) in [5.41, 5.74) is 1.19. The fraction of sp³-hybridized carbons (Fsp3) is 0.278. The van der Waals surface area contributed by atoms with Crippen LogP contribution < -0.4 is 0 Å². The molecule has 2 rings (SSSR count). The van der Waals surface area contributed by atoms with Crippen LogP contribution in [0.2, 0.25) is 0 Å². The molecule has 1 heterocycles. The molecule has 6 heteroatoms. The van der Waals surface area contributed by atoms with Crippen molar-refractivity contribution in [3.63, 3.8) is 0 Å². The first-order valence-electron chi connectivity index (χ1n) is 7.57. The van der Waals surface area contributed by atoms with Crippen molar-refractivity contribution in [3.8, 4) is 6.07 Å². The van der Waals surface area contributed by atoms with Crippen molar-refractivity contribution in [2.45, 2.75) is 25.5 Å². The lowest BCUT2D eigenvalue weighted by Gasteiger charge is -2.23. The van der Waals surface area contributed by atoms with Crippen LogP contribution in [0.1, 0.15) is 30.1 Å². The van der Waals surface area contributed by atoms with Gasteiger partial charge in [0.1, 0.15) is 5.82 Å². The van der Waals surface area contributed by atoms with Gasteiger partial charge in [-0.2, -0.15) is 5.26 Å². The van der Waals surface area contributed by atoms with E-state index in [4.69, 9.17) is 5.26 Å². The van der Waals surface area contributed by atoms with E-state index in [0.717, 1.165) is 5.56 Å². The van der Waals surface area contributed by atoms with Gasteiger partial charge in [-0.15, -0.1) is 0 Å². The highest BCUT2D eigenvalue weighted by Gasteiger charge is 2.19. The Morgan fingerprint density at radius 3 is 2.88 bits per heavy atom. The highest BCUT2D eigenvalue weighted by atomic mass is 19.1. The summed E-state index contributed by atoms with van der Waals surface area (Å²) in [6.45, 7) is 0.574. The number of aliphatic hydroxyl groups is 1. The maximum Gasteiger partial charge on any atom is 0.225 e. The maximum absolute atomic E-state index is 13.2. The quantitative estimate of drug-likeness (QED) is 0.848. The van der Waals surface area contributed by atoms with Crippen LogP contribution in [0.3, 0.4) is 0 Å². The minimum atomic E-state index is -1.09. The summed E-state index contributed by atoms with van der Waals surface area (Å²) >= 11 is 0. The average Bonchev–Trinajstić information content (AvgIpc) is 2.59. The Bertz CT molecular complexity index is 716. The molecule has 1 atom stereocenters. The number of rotatable bonds is 7. The predicted octanol–water partition coefficient (Wildman–Crippen LogP) is 2.59. The Morgan fingerprint density at radius 1 is 1.38 bits per heavy atom. The van der Waals surface area contributed by atoms with Crippen LogP contribution in [-0.2, 0) is 11.3 Å². The van der Waals surface area contributed by atoms with E-state index in [-0.39, 0.29) is 25.3 Å². The molecule has 1 unspecified atom stereocenters. The number of halogens is 1. The SMILES string of the molecule is N#CCCN(Cc1cccnc1)C(=O)CC(O)c1cccc(F)c1. The molecule has 0 aliphatic carbocycles. The van der Waals surface area contributed by atoms with E-state index in [1.54, 1.807) is 24.5 Å². The zero-order valence-electron chi connectivity index (χ0n) is 13.1. The monoisotopic (exact) mass is 327 g/mol. The summed E-state index contributed by atoms with van der Waals surface area (Å²) in [7, 11) is 0. The molecule has 124 valence electrons. The van der Waals surface area contributed by atoms with Crippen LogP contribution in [0, 0.1) is 17.1 Å². The summed E-state index contributed by atoms with van der Waals surface area (Å²) in [6.07, 6.45) is 2.22. The van der Waals surface area contributed by atoms with Crippen LogP contribution in [0.4, 0.5) is 4.39 Å². The highest BCUT2D eigenvalue weighted by molar-refractivity contribution is 5.77. The molecule has 0 aliphatic heterocycles. The third kappa shape index (κ3) is 5.14. The number of benzene rings is 1. The van der Waals surface area contributed by atoms with E-state index in [0.29, 0.717) is 12.1 Å². The molecule has 0 saturated heterocycles. The van der Waals surface area contributed by atoms with Crippen molar-refractivity contribution in [2.24, 2.45) is 0 Å². The van der Waals surface area contributed by atoms with Crippen LogP contribution in [0.15, 0.2) is 48.8 Å². The Hall–Kier alpha value is -2.78. The van der Waals surface area contributed by atoms with Crippen molar-refractivity contribution < 1.29 is 14.3 Å². The third-order valence-electron chi connectivity index (χ3n) is 3.54. The summed E-state index contributed by atoms with van der Waals surface area (Å²) in [4.78, 5) is 18.0. The Kier molecular flexibility index (Phi) is 6.41. The van der Waals surface area contributed by atoms with Gasteiger partial charge < -0.3 is 10.0 Å². The van der Waals surface area contributed by atoms with Gasteiger partial charge in [-0.05, 0) is 29.3 Å². The number of carbonyl (C=O) groups is 1. The first-order chi connectivity index (χ1) is 11.6. The van der Waals surface area contributed by atoms with Crippen molar-refractivity contribution >= 4 is 5.91 Å². The fourth-order valence-electron chi connectivity index (χ4n) is 2.32. The van der Waals surface area contributed by atoms with E-state index in [1.807, 2.05) is 12.1 Å². The lowest BCUT2D eigenvalue weighted by atomic mass is 10.1. The van der Waals surface area contributed by atoms with Crippen molar-refractivity contribution in [1.29, 1.82) is 5.26 Å². The van der Waals surface area contributed by atoms with Crippen LogP contribution >= 0.6 is 0 Å². The first-order valence-corrected chi connectivity index (χ1v) is 7.57. The predicted molar refractivity (Wildman–Crippen MR) is 85.9 cm³/mol. The van der Waals surface area contributed by atoms with Gasteiger partial charge >= 0.3 is 0 Å². The van der Waals surface area contributed by atoms with E-state index in [9.17, 15) is 14.3 Å². The molecule has 1 N–H and O–H groups in total. The third-order valence-corrected chi connectivity index (χ3v) is 3.54. The minimum absolute atomic E-state index is 0.171. The summed E-state index contributed by atoms with van der Waals surface area (Å²) in [5.74, 6) is -0.762. The largest absolute Gasteiger partial charge is 0.388 e. The normalized spacial score (nSPS) is 11.5. The Morgan fingerprint density at radius 2 is 2.21 bits per heavy atom. The summed E-state index contributed by atoms with van der Waals surface area (Å²) in [5, 5.41) is 18.9. The van der Waals surface area contributed by atoms with Crippen LogP contribution in [0.5, 0.6) is 0 Å². The molecule has 2 aromatic rings. The van der Waals surface area contributed by atoms with E-state index >= 15 is 0 Å². The van der Waals surface area contributed by atoms with Gasteiger partial charge in [0.25, 0.3) is 0 Å². The van der Waals surface area contributed by atoms with Crippen LogP contribution in [0.25, 0.3) is 0 Å². The molecular weight excluding hydrogens is 309 g/mol. The zero-order chi connectivity index (χ0) is 17.4. The van der Waals surface area contributed by atoms with Gasteiger partial charge in [0, 0.05) is 25.5 Å². The van der Waals surface area contributed by atoms with Gasteiger partial charge in [0.2, 0.25) is 5.91 Å². The Balaban J connectivity index is 2.05. The second-order valence-corrected chi connectivity index (χ2v) is 5.36. The molecule has 0 bridgehead atoms. The highest BCUT2D eigenvalue weighted by Crippen LogP contribution is 2.19. The summed E-state index contributed by atoms with van der Waals surface area (Å²) in [6, 6.07) is 11.2. The molecule has 5 nitrogen and oxygen atoms in total. The molecule has 0 radical (unpaired) electrons. The van der Waals surface area contributed by atoms with Crippen LogP contribution in [-0.4, -0.2) is 27.4 Å². The number of aromatic nitrogens is 1. The average molecular weight is 327 g/mol. The number of hydrogen-bond acceptors (Lipinski definition) is 4. The first kappa shape index (κ1) is 17.6. The Labute approximate surface area is 140 Å². The molecule has 1 amide bonds. The number of amides is 1. The molecule has 0 fully saturated rings. The molecule has 0 spiro atoms. The number of pyridine rings is 1. The van der Waals surface area contributed by atoms with Gasteiger partial charge in [-0.1, -0.05) is 18.2 Å². The fourth-order valence-corrected chi connectivity index (χ4v) is 2.32. The number of aliphatic hydroxyl groups excluding tert-OH is 1. The number of nitriles is 1. The molecule has 0 saturated carbocycles. The number of nitrogens with zero attached hydrogens (tertiary/aromatic N) is 3. The minimum Gasteiger partial charge on any atom is -0.388 e. The molecule has 1 aromatic carbocycles. The van der Waals surface area contributed by atoms with E-state index in [2.05, 4.69) is 4.98 Å². The lowest BCUT2D eigenvalue weighted by Crippen LogP contribution is -2.32. The molecule has 1 aromatic heterocycles. The lowest BCUT2D eigenvalue weighted by molar-refractivity contribution is -0.133. The maximum atomic E-state index is 13.2. The van der Waals surface area contributed by atoms with Crippen molar-refractivity contribution in [1.82, 2.24) is 9.88 Å². The zero-order valence-corrected chi connectivity index (χ0v) is 13.1. The molecular formula is C18H18FN3O2. The second-order valence-electron chi connectivity index (χ2n) is 5.36. The summed E-state index contributed by atoms with van der Waals surface area (Å²) < 4.78 is 13.2. The topological polar surface area (TPSA) is 77.2 Å². The van der Waals surface area contributed by atoms with Gasteiger partial charge in [-0.3, -0.25) is 9.78 Å². The van der Waals surface area contributed by atoms with E-state index < -0.39 is 11.9 Å². The standard InChI is InChI=1S/C18H18FN3O2/c19-16-6-1-5-15(10-16)17(23)11-18(24)22(9-3-7-20)13-14-4-2-8-21-12-14/h1-2,4-6,8,10,12,17,23H,3,9,11,13H2.